The molecule has 1 aromatic heterocycles. The summed E-state index contributed by atoms with van der Waals surface area (Å²) >= 11 is 0. The van der Waals surface area contributed by atoms with E-state index in [9.17, 15) is 14.9 Å². The van der Waals surface area contributed by atoms with Gasteiger partial charge >= 0.3 is 0 Å². The average Bonchev–Trinajstić information content (AvgIpc) is 3.09. The van der Waals surface area contributed by atoms with Crippen LogP contribution in [-0.4, -0.2) is 27.6 Å². The molecule has 0 bridgehead atoms. The summed E-state index contributed by atoms with van der Waals surface area (Å²) in [7, 11) is 0. The Morgan fingerprint density at radius 3 is 2.81 bits per heavy atom. The van der Waals surface area contributed by atoms with Crippen LogP contribution in [0.2, 0.25) is 0 Å². The first kappa shape index (κ1) is 17.2. The minimum Gasteiger partial charge on any atom is -0.307 e. The summed E-state index contributed by atoms with van der Waals surface area (Å²) in [6.07, 6.45) is 1.81. The quantitative estimate of drug-likeness (QED) is 0.557. The van der Waals surface area contributed by atoms with E-state index in [4.69, 9.17) is 0 Å². The highest BCUT2D eigenvalue weighted by Gasteiger charge is 2.27. The third-order valence-electron chi connectivity index (χ3n) is 5.09. The number of H-pyrrole nitrogens is 1. The second-order valence-corrected chi connectivity index (χ2v) is 7.16. The number of carbonyl (C=O) groups is 1. The molecule has 0 radical (unpaired) electrons. The topological polar surface area (TPSA) is 92.1 Å². The van der Waals surface area contributed by atoms with E-state index in [-0.39, 0.29) is 17.3 Å². The second kappa shape index (κ2) is 6.50. The highest BCUT2D eigenvalue weighted by atomic mass is 16.6. The van der Waals surface area contributed by atoms with E-state index in [1.54, 1.807) is 11.0 Å². The van der Waals surface area contributed by atoms with Crippen LogP contribution in [0.25, 0.3) is 10.9 Å². The molecule has 1 aliphatic rings. The smallest absolute Gasteiger partial charge is 0.279 e. The molecule has 7 nitrogen and oxygen atoms in total. The second-order valence-electron chi connectivity index (χ2n) is 7.16. The van der Waals surface area contributed by atoms with Crippen molar-refractivity contribution in [1.29, 1.82) is 0 Å². The molecule has 0 spiro atoms. The van der Waals surface area contributed by atoms with Crippen LogP contribution in [0.15, 0.2) is 36.4 Å². The molecule has 1 N–H and O–H groups in total. The lowest BCUT2D eigenvalue weighted by atomic mass is 9.94. The van der Waals surface area contributed by atoms with E-state index in [2.05, 4.69) is 36.2 Å². The van der Waals surface area contributed by atoms with Crippen molar-refractivity contribution in [3.05, 3.63) is 63.3 Å². The molecule has 0 aliphatic carbocycles. The summed E-state index contributed by atoms with van der Waals surface area (Å²) < 4.78 is 0. The van der Waals surface area contributed by atoms with Crippen molar-refractivity contribution in [3.63, 3.8) is 0 Å². The number of aromatic nitrogens is 2. The number of nitro groups is 1. The Balaban J connectivity index is 1.75. The van der Waals surface area contributed by atoms with Gasteiger partial charge < -0.3 is 4.90 Å². The monoisotopic (exact) mass is 364 g/mol. The molecule has 3 aromatic rings. The van der Waals surface area contributed by atoms with Crippen molar-refractivity contribution in [2.45, 2.75) is 32.6 Å². The van der Waals surface area contributed by atoms with E-state index >= 15 is 0 Å². The fourth-order valence-corrected chi connectivity index (χ4v) is 3.59. The van der Waals surface area contributed by atoms with Gasteiger partial charge in [-0.15, -0.1) is 0 Å². The van der Waals surface area contributed by atoms with Gasteiger partial charge in [-0.1, -0.05) is 26.0 Å². The van der Waals surface area contributed by atoms with Crippen molar-refractivity contribution in [3.8, 4) is 0 Å². The van der Waals surface area contributed by atoms with Crippen LogP contribution in [0.4, 0.5) is 11.4 Å². The van der Waals surface area contributed by atoms with Gasteiger partial charge in [-0.3, -0.25) is 20.0 Å². The van der Waals surface area contributed by atoms with Crippen LogP contribution in [0.3, 0.4) is 0 Å². The Morgan fingerprint density at radius 1 is 1.26 bits per heavy atom. The molecule has 0 saturated carbocycles. The summed E-state index contributed by atoms with van der Waals surface area (Å²) in [5, 5.41) is 18.5. The minimum atomic E-state index is -0.468. The van der Waals surface area contributed by atoms with Crippen molar-refractivity contribution in [1.82, 2.24) is 10.2 Å². The van der Waals surface area contributed by atoms with Gasteiger partial charge in [0.15, 0.2) is 5.69 Å². The normalized spacial score (nSPS) is 13.8. The number of rotatable bonds is 3. The Bertz CT molecular complexity index is 1050. The summed E-state index contributed by atoms with van der Waals surface area (Å²) in [5.74, 6) is 0.192. The van der Waals surface area contributed by atoms with Crippen molar-refractivity contribution >= 4 is 28.2 Å². The van der Waals surface area contributed by atoms with Crippen molar-refractivity contribution in [2.75, 3.05) is 11.4 Å². The Labute approximate surface area is 156 Å². The number of benzene rings is 2. The van der Waals surface area contributed by atoms with Gasteiger partial charge in [-0.05, 0) is 42.0 Å². The fraction of sp³-hybridized carbons (Fsp3) is 0.300. The van der Waals surface area contributed by atoms with E-state index < -0.39 is 4.92 Å². The lowest BCUT2D eigenvalue weighted by Crippen LogP contribution is -2.35. The molecule has 2 aromatic carbocycles. The van der Waals surface area contributed by atoms with Crippen LogP contribution in [0.1, 0.15) is 47.8 Å². The molecule has 0 saturated heterocycles. The van der Waals surface area contributed by atoms with E-state index in [0.29, 0.717) is 23.4 Å². The lowest BCUT2D eigenvalue weighted by Gasteiger charge is -2.29. The Morgan fingerprint density at radius 2 is 2.07 bits per heavy atom. The number of anilines is 1. The molecule has 0 atom stereocenters. The number of nitro benzene ring substituents is 1. The standard InChI is InChI=1S/C20H20N4O3/c1-12(2)13-5-8-18-14(10-13)4-3-9-23(18)20(25)19-16-11-15(24(26)27)6-7-17(16)21-22-19/h5-8,10-12H,3-4,9H2,1-2H3,(H,21,22). The van der Waals surface area contributed by atoms with Crippen molar-refractivity contribution < 1.29 is 9.72 Å². The summed E-state index contributed by atoms with van der Waals surface area (Å²) in [6, 6.07) is 10.6. The van der Waals surface area contributed by atoms with Crippen LogP contribution in [0.5, 0.6) is 0 Å². The molecule has 138 valence electrons. The van der Waals surface area contributed by atoms with Crippen LogP contribution in [-0.2, 0) is 6.42 Å². The third-order valence-corrected chi connectivity index (χ3v) is 5.09. The zero-order chi connectivity index (χ0) is 19.1. The molecular weight excluding hydrogens is 344 g/mol. The average molecular weight is 364 g/mol. The lowest BCUT2D eigenvalue weighted by molar-refractivity contribution is -0.384. The van der Waals surface area contributed by atoms with E-state index in [0.717, 1.165) is 24.1 Å². The summed E-state index contributed by atoms with van der Waals surface area (Å²) in [6.45, 7) is 4.91. The predicted molar refractivity (Wildman–Crippen MR) is 103 cm³/mol. The number of aryl methyl sites for hydroxylation is 1. The van der Waals surface area contributed by atoms with Gasteiger partial charge in [-0.25, -0.2) is 0 Å². The van der Waals surface area contributed by atoms with Gasteiger partial charge in [0.25, 0.3) is 11.6 Å². The molecule has 0 fully saturated rings. The maximum absolute atomic E-state index is 13.2. The number of amides is 1. The van der Waals surface area contributed by atoms with E-state index in [1.807, 2.05) is 6.07 Å². The Hall–Kier alpha value is -3.22. The molecule has 1 amide bonds. The molecule has 27 heavy (non-hydrogen) atoms. The molecule has 7 heteroatoms. The Kier molecular flexibility index (Phi) is 4.14. The maximum atomic E-state index is 13.2. The predicted octanol–water partition coefficient (Wildman–Crippen LogP) is 4.19. The third kappa shape index (κ3) is 2.95. The van der Waals surface area contributed by atoms with Gasteiger partial charge in [0.1, 0.15) is 0 Å². The molecule has 4 rings (SSSR count). The van der Waals surface area contributed by atoms with Gasteiger partial charge in [-0.2, -0.15) is 5.10 Å². The number of fused-ring (bicyclic) bond motifs is 2. The SMILES string of the molecule is CC(C)c1ccc2c(c1)CCCN2C(=O)c1n[nH]c2ccc([N+](=O)[O-])cc12. The fourth-order valence-electron chi connectivity index (χ4n) is 3.59. The summed E-state index contributed by atoms with van der Waals surface area (Å²) in [5.41, 5.74) is 4.08. The zero-order valence-electron chi connectivity index (χ0n) is 15.2. The van der Waals surface area contributed by atoms with Crippen molar-refractivity contribution in [2.24, 2.45) is 0 Å². The number of aromatic amines is 1. The number of nitrogens with zero attached hydrogens (tertiary/aromatic N) is 3. The van der Waals surface area contributed by atoms with Crippen LogP contribution >= 0.6 is 0 Å². The largest absolute Gasteiger partial charge is 0.307 e. The summed E-state index contributed by atoms with van der Waals surface area (Å²) in [4.78, 5) is 25.6. The molecular formula is C20H20N4O3. The number of non-ortho nitro benzene ring substituents is 1. The van der Waals surface area contributed by atoms with Crippen LogP contribution < -0.4 is 4.90 Å². The van der Waals surface area contributed by atoms with E-state index in [1.165, 1.54) is 17.7 Å². The van der Waals surface area contributed by atoms with Crippen LogP contribution in [0, 0.1) is 10.1 Å². The van der Waals surface area contributed by atoms with Gasteiger partial charge in [0.05, 0.1) is 10.4 Å². The first-order valence-corrected chi connectivity index (χ1v) is 9.03. The highest BCUT2D eigenvalue weighted by molar-refractivity contribution is 6.13. The molecule has 2 heterocycles. The van der Waals surface area contributed by atoms with Gasteiger partial charge in [0.2, 0.25) is 0 Å². The number of carbonyl (C=O) groups excluding carboxylic acids is 1. The van der Waals surface area contributed by atoms with Gasteiger partial charge in [0, 0.05) is 29.8 Å². The minimum absolute atomic E-state index is 0.0569. The number of nitrogens with one attached hydrogen (secondary N) is 1. The highest BCUT2D eigenvalue weighted by Crippen LogP contribution is 2.32. The number of hydrogen-bond donors (Lipinski definition) is 1. The maximum Gasteiger partial charge on any atom is 0.279 e. The number of hydrogen-bond acceptors (Lipinski definition) is 4. The zero-order valence-corrected chi connectivity index (χ0v) is 15.2. The molecule has 0 unspecified atom stereocenters. The first-order chi connectivity index (χ1) is 13.0. The molecule has 1 aliphatic heterocycles. The first-order valence-electron chi connectivity index (χ1n) is 9.03.